The van der Waals surface area contributed by atoms with Crippen LogP contribution in [0.2, 0.25) is 0 Å². The van der Waals surface area contributed by atoms with E-state index in [1.165, 1.54) is 0 Å². The fourth-order valence-corrected chi connectivity index (χ4v) is 4.41. The van der Waals surface area contributed by atoms with Crippen LogP contribution in [0.1, 0.15) is 26.7 Å². The molecule has 21 heavy (non-hydrogen) atoms. The number of rotatable bonds is 10. The van der Waals surface area contributed by atoms with E-state index in [1.54, 1.807) is 35.2 Å². The van der Waals surface area contributed by atoms with Crippen molar-refractivity contribution in [3.63, 3.8) is 0 Å². The SMILES string of the molecule is CCOC(=O)C(C)=C(CCCN(C)C)[Si](OC)(OC)OC. The summed E-state index contributed by atoms with van der Waals surface area (Å²) in [7, 11) is 5.64. The maximum absolute atomic E-state index is 12.0. The highest BCUT2D eigenvalue weighted by Crippen LogP contribution is 2.26. The van der Waals surface area contributed by atoms with Gasteiger partial charge >= 0.3 is 14.8 Å². The summed E-state index contributed by atoms with van der Waals surface area (Å²) in [5.41, 5.74) is 0.521. The fourth-order valence-electron chi connectivity index (χ4n) is 2.12. The number of allylic oxidation sites excluding steroid dienone is 1. The van der Waals surface area contributed by atoms with Gasteiger partial charge in [0.1, 0.15) is 0 Å². The summed E-state index contributed by atoms with van der Waals surface area (Å²) in [6.07, 6.45) is 1.55. The lowest BCUT2D eigenvalue weighted by molar-refractivity contribution is -0.138. The zero-order valence-electron chi connectivity index (χ0n) is 14.3. The molecule has 0 aromatic rings. The molecule has 0 spiro atoms. The molecule has 0 rings (SSSR count). The first-order valence-corrected chi connectivity index (χ1v) is 8.78. The van der Waals surface area contributed by atoms with Crippen LogP contribution in [0.4, 0.5) is 0 Å². The van der Waals surface area contributed by atoms with Crippen LogP contribution in [0, 0.1) is 0 Å². The van der Waals surface area contributed by atoms with Crippen LogP contribution in [0.5, 0.6) is 0 Å². The first kappa shape index (κ1) is 20.3. The lowest BCUT2D eigenvalue weighted by atomic mass is 10.2. The van der Waals surface area contributed by atoms with Crippen LogP contribution in [0.3, 0.4) is 0 Å². The number of nitrogens with zero attached hydrogens (tertiary/aromatic N) is 1. The largest absolute Gasteiger partial charge is 0.532 e. The second kappa shape index (κ2) is 10.1. The molecule has 0 fully saturated rings. The summed E-state index contributed by atoms with van der Waals surface area (Å²) in [6.45, 7) is 4.76. The quantitative estimate of drug-likeness (QED) is 0.346. The van der Waals surface area contributed by atoms with Crippen molar-refractivity contribution in [2.45, 2.75) is 26.7 Å². The van der Waals surface area contributed by atoms with E-state index in [0.29, 0.717) is 18.6 Å². The minimum atomic E-state index is -3.01. The van der Waals surface area contributed by atoms with Gasteiger partial charge in [-0.3, -0.25) is 0 Å². The first-order valence-electron chi connectivity index (χ1n) is 7.06. The van der Waals surface area contributed by atoms with Crippen molar-refractivity contribution in [1.29, 1.82) is 0 Å². The van der Waals surface area contributed by atoms with Crippen LogP contribution >= 0.6 is 0 Å². The van der Waals surface area contributed by atoms with E-state index >= 15 is 0 Å². The maximum atomic E-state index is 12.0. The zero-order chi connectivity index (χ0) is 16.5. The van der Waals surface area contributed by atoms with Gasteiger partial charge < -0.3 is 22.9 Å². The minimum absolute atomic E-state index is 0.336. The van der Waals surface area contributed by atoms with E-state index in [2.05, 4.69) is 4.90 Å². The summed E-state index contributed by atoms with van der Waals surface area (Å²) in [5, 5.41) is 0.787. The van der Waals surface area contributed by atoms with E-state index < -0.39 is 8.80 Å². The van der Waals surface area contributed by atoms with Crippen molar-refractivity contribution >= 4 is 14.8 Å². The molecule has 124 valence electrons. The number of carbonyl (C=O) groups is 1. The number of ether oxygens (including phenoxy) is 1. The second-order valence-electron chi connectivity index (χ2n) is 4.90. The van der Waals surface area contributed by atoms with Gasteiger partial charge in [0.2, 0.25) is 0 Å². The Hall–Kier alpha value is -0.733. The molecular weight excluding hydrogens is 290 g/mol. The van der Waals surface area contributed by atoms with Gasteiger partial charge in [-0.05, 0) is 47.3 Å². The van der Waals surface area contributed by atoms with Gasteiger partial charge in [0.25, 0.3) is 0 Å². The second-order valence-corrected chi connectivity index (χ2v) is 7.84. The standard InChI is InChI=1S/C14H29NO5Si/c1-8-20-14(16)12(2)13(10-9-11-15(3)4)21(17-5,18-6)19-7/h8-11H2,1-7H3. The zero-order valence-corrected chi connectivity index (χ0v) is 15.3. The molecule has 0 N–H and O–H groups in total. The van der Waals surface area contributed by atoms with Crippen molar-refractivity contribution in [1.82, 2.24) is 4.90 Å². The number of hydrogen-bond acceptors (Lipinski definition) is 6. The van der Waals surface area contributed by atoms with Gasteiger partial charge in [-0.25, -0.2) is 4.79 Å². The van der Waals surface area contributed by atoms with Crippen molar-refractivity contribution in [2.24, 2.45) is 0 Å². The lowest BCUT2D eigenvalue weighted by Crippen LogP contribution is -2.46. The topological polar surface area (TPSA) is 57.2 Å². The smallest absolute Gasteiger partial charge is 0.463 e. The Kier molecular flexibility index (Phi) is 9.72. The molecule has 0 aliphatic carbocycles. The average Bonchev–Trinajstić information content (AvgIpc) is 2.46. The fraction of sp³-hybridized carbons (Fsp3) is 0.786. The molecule has 0 heterocycles. The third-order valence-corrected chi connectivity index (χ3v) is 6.22. The van der Waals surface area contributed by atoms with E-state index in [9.17, 15) is 4.79 Å². The molecule has 0 saturated heterocycles. The van der Waals surface area contributed by atoms with Crippen molar-refractivity contribution < 1.29 is 22.8 Å². The van der Waals surface area contributed by atoms with E-state index in [0.717, 1.165) is 18.2 Å². The third-order valence-electron chi connectivity index (χ3n) is 3.24. The molecule has 0 saturated carbocycles. The molecule has 7 heteroatoms. The van der Waals surface area contributed by atoms with Crippen LogP contribution < -0.4 is 0 Å². The molecule has 0 atom stereocenters. The summed E-state index contributed by atoms with van der Waals surface area (Å²) < 4.78 is 21.7. The van der Waals surface area contributed by atoms with Crippen LogP contribution in [0.25, 0.3) is 0 Å². The number of esters is 1. The highest BCUT2D eigenvalue weighted by Gasteiger charge is 2.44. The number of hydrogen-bond donors (Lipinski definition) is 0. The average molecular weight is 319 g/mol. The molecular formula is C14H29NO5Si. The third kappa shape index (κ3) is 5.88. The van der Waals surface area contributed by atoms with Gasteiger partial charge in [0.15, 0.2) is 0 Å². The van der Waals surface area contributed by atoms with Crippen molar-refractivity contribution in [3.05, 3.63) is 10.8 Å². The van der Waals surface area contributed by atoms with E-state index in [-0.39, 0.29) is 5.97 Å². The van der Waals surface area contributed by atoms with Gasteiger partial charge in [-0.1, -0.05) is 0 Å². The van der Waals surface area contributed by atoms with E-state index in [4.69, 9.17) is 18.0 Å². The summed E-state index contributed by atoms with van der Waals surface area (Å²) >= 11 is 0. The highest BCUT2D eigenvalue weighted by molar-refractivity contribution is 6.69. The predicted molar refractivity (Wildman–Crippen MR) is 83.9 cm³/mol. The number of carbonyl (C=O) groups excluding carboxylic acids is 1. The Morgan fingerprint density at radius 3 is 2.00 bits per heavy atom. The molecule has 0 aromatic heterocycles. The summed E-state index contributed by atoms with van der Waals surface area (Å²) in [5.74, 6) is -0.347. The van der Waals surface area contributed by atoms with Crippen LogP contribution in [0.15, 0.2) is 10.8 Å². The Morgan fingerprint density at radius 1 is 1.10 bits per heavy atom. The van der Waals surface area contributed by atoms with Crippen LogP contribution in [-0.4, -0.2) is 68.3 Å². The van der Waals surface area contributed by atoms with Crippen molar-refractivity contribution in [2.75, 3.05) is 48.6 Å². The monoisotopic (exact) mass is 319 g/mol. The predicted octanol–water partition coefficient (Wildman–Crippen LogP) is 1.63. The molecule has 6 nitrogen and oxygen atoms in total. The Morgan fingerprint density at radius 2 is 1.62 bits per heavy atom. The molecule has 0 amide bonds. The normalized spacial score (nSPS) is 13.3. The Labute approximate surface area is 129 Å². The Balaban J connectivity index is 5.43. The highest BCUT2D eigenvalue weighted by atomic mass is 28.4. The molecule has 0 aliphatic rings. The van der Waals surface area contributed by atoms with Gasteiger partial charge in [-0.2, -0.15) is 0 Å². The Bertz CT molecular complexity index is 345. The van der Waals surface area contributed by atoms with Gasteiger partial charge in [0, 0.05) is 32.1 Å². The molecule has 0 aromatic carbocycles. The summed E-state index contributed by atoms with van der Waals surface area (Å²) in [4.78, 5) is 14.1. The molecule has 0 unspecified atom stereocenters. The van der Waals surface area contributed by atoms with Crippen molar-refractivity contribution in [3.8, 4) is 0 Å². The first-order chi connectivity index (χ1) is 9.88. The minimum Gasteiger partial charge on any atom is -0.463 e. The molecule has 0 aliphatic heterocycles. The molecule has 0 radical (unpaired) electrons. The lowest BCUT2D eigenvalue weighted by Gasteiger charge is -2.28. The molecule has 0 bridgehead atoms. The van der Waals surface area contributed by atoms with Crippen LogP contribution in [-0.2, 0) is 22.8 Å². The van der Waals surface area contributed by atoms with Gasteiger partial charge in [-0.15, -0.1) is 0 Å². The van der Waals surface area contributed by atoms with Gasteiger partial charge in [0.05, 0.1) is 6.61 Å². The summed E-state index contributed by atoms with van der Waals surface area (Å²) in [6, 6.07) is 0. The van der Waals surface area contributed by atoms with E-state index in [1.807, 2.05) is 14.1 Å². The maximum Gasteiger partial charge on any atom is 0.532 e.